The van der Waals surface area contributed by atoms with Crippen LogP contribution >= 0.6 is 0 Å². The van der Waals surface area contributed by atoms with Crippen molar-refractivity contribution in [2.24, 2.45) is 5.84 Å². The van der Waals surface area contributed by atoms with Gasteiger partial charge in [0, 0.05) is 12.0 Å². The van der Waals surface area contributed by atoms with Gasteiger partial charge in [0.1, 0.15) is 11.6 Å². The fraction of sp³-hybridized carbons (Fsp3) is 0.294. The summed E-state index contributed by atoms with van der Waals surface area (Å²) in [6.45, 7) is 2.06. The van der Waals surface area contributed by atoms with Crippen LogP contribution in [0.3, 0.4) is 0 Å². The normalized spacial score (nSPS) is 13.9. The zero-order valence-corrected chi connectivity index (χ0v) is 12.0. The molecule has 0 aliphatic rings. The van der Waals surface area contributed by atoms with Crippen LogP contribution in [0.25, 0.3) is 0 Å². The van der Waals surface area contributed by atoms with Crippen LogP contribution in [0.5, 0.6) is 0 Å². The van der Waals surface area contributed by atoms with E-state index in [0.717, 1.165) is 24.1 Å². The van der Waals surface area contributed by atoms with E-state index >= 15 is 0 Å². The molecule has 3 N–H and O–H groups in total. The number of nitrogens with two attached hydrogens (primary N) is 1. The predicted octanol–water partition coefficient (Wildman–Crippen LogP) is 3.53. The third-order valence-corrected chi connectivity index (χ3v) is 3.81. The summed E-state index contributed by atoms with van der Waals surface area (Å²) in [5.74, 6) is 4.96. The molecule has 0 radical (unpaired) electrons. The monoisotopic (exact) mass is 290 g/mol. The van der Waals surface area contributed by atoms with Gasteiger partial charge in [0.2, 0.25) is 0 Å². The second-order valence-electron chi connectivity index (χ2n) is 5.14. The molecule has 21 heavy (non-hydrogen) atoms. The highest BCUT2D eigenvalue weighted by atomic mass is 19.1. The van der Waals surface area contributed by atoms with E-state index in [4.69, 9.17) is 5.84 Å². The summed E-state index contributed by atoms with van der Waals surface area (Å²) in [7, 11) is 0. The number of halogens is 2. The van der Waals surface area contributed by atoms with Crippen LogP contribution in [0.4, 0.5) is 8.78 Å². The number of hydrogen-bond donors (Lipinski definition) is 2. The molecule has 0 amide bonds. The van der Waals surface area contributed by atoms with E-state index in [1.807, 2.05) is 30.3 Å². The van der Waals surface area contributed by atoms with Crippen LogP contribution in [0.2, 0.25) is 0 Å². The van der Waals surface area contributed by atoms with E-state index in [1.54, 1.807) is 0 Å². The molecule has 2 atom stereocenters. The highest BCUT2D eigenvalue weighted by molar-refractivity contribution is 5.25. The summed E-state index contributed by atoms with van der Waals surface area (Å²) in [6, 6.07) is 13.3. The van der Waals surface area contributed by atoms with Crippen LogP contribution in [0, 0.1) is 11.6 Å². The van der Waals surface area contributed by atoms with Gasteiger partial charge < -0.3 is 0 Å². The molecular weight excluding hydrogens is 270 g/mol. The molecule has 0 aliphatic heterocycles. The van der Waals surface area contributed by atoms with Gasteiger partial charge in [-0.05, 0) is 42.2 Å². The van der Waals surface area contributed by atoms with Gasteiger partial charge >= 0.3 is 0 Å². The number of nitrogens with one attached hydrogen (secondary N) is 1. The molecule has 2 rings (SSSR count). The zero-order valence-electron chi connectivity index (χ0n) is 12.0. The van der Waals surface area contributed by atoms with E-state index in [9.17, 15) is 8.78 Å². The van der Waals surface area contributed by atoms with Crippen LogP contribution < -0.4 is 11.3 Å². The molecule has 0 heterocycles. The van der Waals surface area contributed by atoms with Crippen molar-refractivity contribution >= 4 is 0 Å². The van der Waals surface area contributed by atoms with Crippen molar-refractivity contribution in [3.05, 3.63) is 71.3 Å². The van der Waals surface area contributed by atoms with E-state index < -0.39 is 11.6 Å². The Morgan fingerprint density at radius 2 is 1.81 bits per heavy atom. The maximum absolute atomic E-state index is 13.8. The SMILES string of the molecule is CCC(c1ccccc1)C(Cc1cc(F)ccc1F)NN. The van der Waals surface area contributed by atoms with Crippen LogP contribution in [0.1, 0.15) is 30.4 Å². The molecule has 112 valence electrons. The lowest BCUT2D eigenvalue weighted by Gasteiger charge is -2.26. The molecule has 0 saturated heterocycles. The summed E-state index contributed by atoms with van der Waals surface area (Å²) in [5, 5.41) is 0. The Morgan fingerprint density at radius 3 is 2.43 bits per heavy atom. The Bertz CT molecular complexity index is 572. The zero-order chi connectivity index (χ0) is 15.2. The standard InChI is InChI=1S/C17H20F2N2/c1-2-15(12-6-4-3-5-7-12)17(21-20)11-13-10-14(18)8-9-16(13)19/h3-10,15,17,21H,2,11,20H2,1H3. The Morgan fingerprint density at radius 1 is 1.10 bits per heavy atom. The van der Waals surface area contributed by atoms with Crippen molar-refractivity contribution in [3.63, 3.8) is 0 Å². The summed E-state index contributed by atoms with van der Waals surface area (Å²) < 4.78 is 27.1. The van der Waals surface area contributed by atoms with Crippen molar-refractivity contribution in [1.29, 1.82) is 0 Å². The third kappa shape index (κ3) is 3.86. The lowest BCUT2D eigenvalue weighted by molar-refractivity contribution is 0.420. The first-order valence-corrected chi connectivity index (χ1v) is 7.10. The van der Waals surface area contributed by atoms with Gasteiger partial charge in [-0.1, -0.05) is 37.3 Å². The Hall–Kier alpha value is -1.78. The molecule has 2 nitrogen and oxygen atoms in total. The third-order valence-electron chi connectivity index (χ3n) is 3.81. The molecule has 0 fully saturated rings. The molecular formula is C17H20F2N2. The molecule has 4 heteroatoms. The Labute approximate surface area is 124 Å². The van der Waals surface area contributed by atoms with Crippen molar-refractivity contribution in [1.82, 2.24) is 5.43 Å². The minimum atomic E-state index is -0.435. The van der Waals surface area contributed by atoms with Gasteiger partial charge in [0.15, 0.2) is 0 Å². The number of rotatable bonds is 6. The van der Waals surface area contributed by atoms with Gasteiger partial charge in [-0.2, -0.15) is 0 Å². The summed E-state index contributed by atoms with van der Waals surface area (Å²) in [6.07, 6.45) is 1.20. The van der Waals surface area contributed by atoms with Crippen LogP contribution in [-0.4, -0.2) is 6.04 Å². The van der Waals surface area contributed by atoms with Gasteiger partial charge in [-0.3, -0.25) is 11.3 Å². The van der Waals surface area contributed by atoms with E-state index in [0.29, 0.717) is 12.0 Å². The summed E-state index contributed by atoms with van der Waals surface area (Å²) in [4.78, 5) is 0. The van der Waals surface area contributed by atoms with E-state index in [-0.39, 0.29) is 12.0 Å². The Balaban J connectivity index is 2.24. The molecule has 2 aromatic carbocycles. The van der Waals surface area contributed by atoms with Crippen LogP contribution in [0.15, 0.2) is 48.5 Å². The second kappa shape index (κ2) is 7.29. The molecule has 0 bridgehead atoms. The summed E-state index contributed by atoms with van der Waals surface area (Å²) in [5.41, 5.74) is 4.24. The van der Waals surface area contributed by atoms with Crippen molar-refractivity contribution in [2.75, 3.05) is 0 Å². The topological polar surface area (TPSA) is 38.0 Å². The average Bonchev–Trinajstić information content (AvgIpc) is 2.51. The first-order chi connectivity index (χ1) is 10.2. The lowest BCUT2D eigenvalue weighted by atomic mass is 9.86. The first-order valence-electron chi connectivity index (χ1n) is 7.10. The van der Waals surface area contributed by atoms with Crippen molar-refractivity contribution in [3.8, 4) is 0 Å². The molecule has 0 aliphatic carbocycles. The number of benzene rings is 2. The largest absolute Gasteiger partial charge is 0.271 e. The quantitative estimate of drug-likeness (QED) is 0.631. The van der Waals surface area contributed by atoms with Gasteiger partial charge in [0.25, 0.3) is 0 Å². The molecule has 0 aromatic heterocycles. The lowest BCUT2D eigenvalue weighted by Crippen LogP contribution is -2.41. The minimum absolute atomic E-state index is 0.138. The average molecular weight is 290 g/mol. The fourth-order valence-corrected chi connectivity index (χ4v) is 2.71. The van der Waals surface area contributed by atoms with Gasteiger partial charge in [0.05, 0.1) is 0 Å². The maximum Gasteiger partial charge on any atom is 0.126 e. The van der Waals surface area contributed by atoms with Gasteiger partial charge in [-0.15, -0.1) is 0 Å². The van der Waals surface area contributed by atoms with Crippen LogP contribution in [-0.2, 0) is 6.42 Å². The molecule has 0 spiro atoms. The second-order valence-corrected chi connectivity index (χ2v) is 5.14. The first kappa shape index (κ1) is 15.6. The highest BCUT2D eigenvalue weighted by Crippen LogP contribution is 2.26. The molecule has 2 aromatic rings. The smallest absolute Gasteiger partial charge is 0.126 e. The van der Waals surface area contributed by atoms with E-state index in [1.165, 1.54) is 6.07 Å². The Kier molecular flexibility index (Phi) is 5.42. The van der Waals surface area contributed by atoms with E-state index in [2.05, 4.69) is 12.3 Å². The molecule has 2 unspecified atom stereocenters. The minimum Gasteiger partial charge on any atom is -0.271 e. The van der Waals surface area contributed by atoms with Gasteiger partial charge in [-0.25, -0.2) is 8.78 Å². The molecule has 0 saturated carbocycles. The summed E-state index contributed by atoms with van der Waals surface area (Å²) >= 11 is 0. The van der Waals surface area contributed by atoms with Crippen molar-refractivity contribution in [2.45, 2.75) is 31.7 Å². The predicted molar refractivity (Wildman–Crippen MR) is 80.6 cm³/mol. The number of hydrazine groups is 1. The maximum atomic E-state index is 13.8. The highest BCUT2D eigenvalue weighted by Gasteiger charge is 2.22. The number of hydrogen-bond acceptors (Lipinski definition) is 2. The fourth-order valence-electron chi connectivity index (χ4n) is 2.71. The van der Waals surface area contributed by atoms with Crippen molar-refractivity contribution < 1.29 is 8.78 Å².